The molecule has 5 heteroatoms. The summed E-state index contributed by atoms with van der Waals surface area (Å²) in [6.07, 6.45) is 0.509. The number of nitrogens with zero attached hydrogens (tertiary/aromatic N) is 2. The molecule has 1 aliphatic rings. The predicted octanol–water partition coefficient (Wildman–Crippen LogP) is 1.59. The van der Waals surface area contributed by atoms with E-state index in [1.54, 1.807) is 18.2 Å². The lowest BCUT2D eigenvalue weighted by Gasteiger charge is -2.40. The smallest absolute Gasteiger partial charge is 0.145 e. The summed E-state index contributed by atoms with van der Waals surface area (Å²) in [7, 11) is 4.17. The third-order valence-electron chi connectivity index (χ3n) is 3.88. The Morgan fingerprint density at radius 1 is 1.42 bits per heavy atom. The van der Waals surface area contributed by atoms with E-state index in [-0.39, 0.29) is 22.9 Å². The predicted molar refractivity (Wildman–Crippen MR) is 77.0 cm³/mol. The second-order valence-electron chi connectivity index (χ2n) is 5.39. The van der Waals surface area contributed by atoms with Crippen LogP contribution in [0.1, 0.15) is 5.56 Å². The van der Waals surface area contributed by atoms with Gasteiger partial charge >= 0.3 is 0 Å². The highest BCUT2D eigenvalue weighted by Crippen LogP contribution is 2.20. The molecule has 0 spiro atoms. The Bertz CT molecular complexity index is 441. The zero-order chi connectivity index (χ0) is 14.0. The Morgan fingerprint density at radius 3 is 2.89 bits per heavy atom. The molecule has 0 aromatic heterocycles. The lowest BCUT2D eigenvalue weighted by atomic mass is 9.97. The van der Waals surface area contributed by atoms with Crippen molar-refractivity contribution in [2.45, 2.75) is 18.5 Å². The van der Waals surface area contributed by atoms with Gasteiger partial charge in [0.2, 0.25) is 0 Å². The Labute approximate surface area is 119 Å². The van der Waals surface area contributed by atoms with Crippen molar-refractivity contribution in [3.63, 3.8) is 0 Å². The van der Waals surface area contributed by atoms with Crippen molar-refractivity contribution in [3.8, 4) is 0 Å². The van der Waals surface area contributed by atoms with Crippen LogP contribution < -0.4 is 5.73 Å². The average molecular weight is 286 g/mol. The molecule has 2 unspecified atom stereocenters. The van der Waals surface area contributed by atoms with Gasteiger partial charge in [0.1, 0.15) is 5.82 Å². The Morgan fingerprint density at radius 2 is 2.16 bits per heavy atom. The van der Waals surface area contributed by atoms with Crippen LogP contribution in [0.15, 0.2) is 18.2 Å². The molecule has 2 N–H and O–H groups in total. The molecule has 106 valence electrons. The monoisotopic (exact) mass is 285 g/mol. The normalized spacial score (nSPS) is 23.5. The first-order chi connectivity index (χ1) is 8.99. The number of likely N-dealkylation sites (N-methyl/N-ethyl adjacent to an activating group) is 2. The van der Waals surface area contributed by atoms with Crippen LogP contribution in [0, 0.1) is 5.82 Å². The van der Waals surface area contributed by atoms with Gasteiger partial charge in [0, 0.05) is 31.7 Å². The molecule has 1 heterocycles. The summed E-state index contributed by atoms with van der Waals surface area (Å²) in [5, 5.41) is 0.166. The Balaban J connectivity index is 2.07. The molecule has 0 saturated carbocycles. The third kappa shape index (κ3) is 3.45. The highest BCUT2D eigenvalue weighted by Gasteiger charge is 2.28. The molecule has 0 amide bonds. The zero-order valence-corrected chi connectivity index (χ0v) is 12.2. The molecule has 0 aliphatic carbocycles. The van der Waals surface area contributed by atoms with Gasteiger partial charge in [-0.15, -0.1) is 0 Å². The van der Waals surface area contributed by atoms with Crippen LogP contribution in [-0.4, -0.2) is 55.6 Å². The first-order valence-corrected chi connectivity index (χ1v) is 6.94. The summed E-state index contributed by atoms with van der Waals surface area (Å²) in [5.41, 5.74) is 6.87. The summed E-state index contributed by atoms with van der Waals surface area (Å²) < 4.78 is 13.9. The summed E-state index contributed by atoms with van der Waals surface area (Å²) in [5.74, 6) is -0.341. The van der Waals surface area contributed by atoms with Gasteiger partial charge in [-0.1, -0.05) is 23.7 Å². The fourth-order valence-corrected chi connectivity index (χ4v) is 2.80. The number of rotatable bonds is 3. The lowest BCUT2D eigenvalue weighted by molar-refractivity contribution is 0.0971. The SMILES string of the molecule is CN1CCN(C)C(C(N)Cc2cccc(Cl)c2F)C1. The van der Waals surface area contributed by atoms with Gasteiger partial charge in [-0.3, -0.25) is 4.90 Å². The number of hydrogen-bond donors (Lipinski definition) is 1. The minimum absolute atomic E-state index is 0.0966. The van der Waals surface area contributed by atoms with E-state index in [1.165, 1.54) is 0 Å². The van der Waals surface area contributed by atoms with Crippen molar-refractivity contribution >= 4 is 11.6 Å². The molecule has 1 saturated heterocycles. The number of halogens is 2. The van der Waals surface area contributed by atoms with E-state index < -0.39 is 0 Å². The van der Waals surface area contributed by atoms with Gasteiger partial charge in [0.15, 0.2) is 0 Å². The maximum Gasteiger partial charge on any atom is 0.145 e. The van der Waals surface area contributed by atoms with Crippen molar-refractivity contribution in [2.24, 2.45) is 5.73 Å². The minimum atomic E-state index is -0.341. The second kappa shape index (κ2) is 6.18. The van der Waals surface area contributed by atoms with Crippen LogP contribution in [0.2, 0.25) is 5.02 Å². The van der Waals surface area contributed by atoms with Gasteiger partial charge < -0.3 is 10.6 Å². The fraction of sp³-hybridized carbons (Fsp3) is 0.571. The third-order valence-corrected chi connectivity index (χ3v) is 4.17. The molecular formula is C14H21ClFN3. The maximum absolute atomic E-state index is 13.9. The standard InChI is InChI=1S/C14H21ClFN3/c1-18-6-7-19(2)13(9-18)12(17)8-10-4-3-5-11(15)14(10)16/h3-5,12-13H,6-9,17H2,1-2H3. The molecule has 0 bridgehead atoms. The van der Waals surface area contributed by atoms with Gasteiger partial charge in [0.05, 0.1) is 5.02 Å². The van der Waals surface area contributed by atoms with E-state index in [0.29, 0.717) is 12.0 Å². The molecular weight excluding hydrogens is 265 g/mol. The van der Waals surface area contributed by atoms with Gasteiger partial charge in [0.25, 0.3) is 0 Å². The Hall–Kier alpha value is -0.680. The zero-order valence-electron chi connectivity index (χ0n) is 11.4. The van der Waals surface area contributed by atoms with Crippen molar-refractivity contribution in [2.75, 3.05) is 33.7 Å². The van der Waals surface area contributed by atoms with Crippen LogP contribution >= 0.6 is 11.6 Å². The first kappa shape index (κ1) is 14.7. The Kier molecular flexibility index (Phi) is 4.79. The van der Waals surface area contributed by atoms with Crippen molar-refractivity contribution < 1.29 is 4.39 Å². The van der Waals surface area contributed by atoms with Crippen LogP contribution in [-0.2, 0) is 6.42 Å². The molecule has 1 aromatic carbocycles. The number of nitrogens with two attached hydrogens (primary N) is 1. The minimum Gasteiger partial charge on any atom is -0.326 e. The molecule has 2 atom stereocenters. The second-order valence-corrected chi connectivity index (χ2v) is 5.80. The summed E-state index contributed by atoms with van der Waals surface area (Å²) in [6.45, 7) is 2.96. The molecule has 3 nitrogen and oxygen atoms in total. The summed E-state index contributed by atoms with van der Waals surface area (Å²) >= 11 is 5.80. The molecule has 19 heavy (non-hydrogen) atoms. The molecule has 1 aromatic rings. The van der Waals surface area contributed by atoms with Gasteiger partial charge in [-0.05, 0) is 32.1 Å². The van der Waals surface area contributed by atoms with E-state index in [1.807, 2.05) is 0 Å². The average Bonchev–Trinajstić information content (AvgIpc) is 2.38. The van der Waals surface area contributed by atoms with E-state index in [2.05, 4.69) is 23.9 Å². The maximum atomic E-state index is 13.9. The van der Waals surface area contributed by atoms with E-state index in [9.17, 15) is 4.39 Å². The highest BCUT2D eigenvalue weighted by atomic mass is 35.5. The fourth-order valence-electron chi connectivity index (χ4n) is 2.60. The number of piperazine rings is 1. The van der Waals surface area contributed by atoms with Gasteiger partial charge in [-0.25, -0.2) is 4.39 Å². The quantitative estimate of drug-likeness (QED) is 0.916. The largest absolute Gasteiger partial charge is 0.326 e. The van der Waals surface area contributed by atoms with Crippen LogP contribution in [0.4, 0.5) is 4.39 Å². The van der Waals surface area contributed by atoms with Crippen LogP contribution in [0.25, 0.3) is 0 Å². The van der Waals surface area contributed by atoms with Crippen LogP contribution in [0.3, 0.4) is 0 Å². The van der Waals surface area contributed by atoms with E-state index >= 15 is 0 Å². The molecule has 0 radical (unpaired) electrons. The lowest BCUT2D eigenvalue weighted by Crippen LogP contribution is -2.58. The molecule has 2 rings (SSSR count). The van der Waals surface area contributed by atoms with E-state index in [0.717, 1.165) is 19.6 Å². The van der Waals surface area contributed by atoms with Crippen LogP contribution in [0.5, 0.6) is 0 Å². The highest BCUT2D eigenvalue weighted by molar-refractivity contribution is 6.30. The topological polar surface area (TPSA) is 32.5 Å². The van der Waals surface area contributed by atoms with Crippen molar-refractivity contribution in [3.05, 3.63) is 34.6 Å². The summed E-state index contributed by atoms with van der Waals surface area (Å²) in [4.78, 5) is 4.52. The number of benzene rings is 1. The summed E-state index contributed by atoms with van der Waals surface area (Å²) in [6, 6.07) is 5.24. The van der Waals surface area contributed by atoms with Crippen molar-refractivity contribution in [1.82, 2.24) is 9.80 Å². The molecule has 1 aliphatic heterocycles. The van der Waals surface area contributed by atoms with Crippen molar-refractivity contribution in [1.29, 1.82) is 0 Å². The number of hydrogen-bond acceptors (Lipinski definition) is 3. The van der Waals surface area contributed by atoms with Gasteiger partial charge in [-0.2, -0.15) is 0 Å². The van der Waals surface area contributed by atoms with E-state index in [4.69, 9.17) is 17.3 Å². The first-order valence-electron chi connectivity index (χ1n) is 6.56. The molecule has 1 fully saturated rings.